The number of benzene rings is 1. The second-order valence-electron chi connectivity index (χ2n) is 4.08. The van der Waals surface area contributed by atoms with Gasteiger partial charge in [-0.15, -0.1) is 11.3 Å². The van der Waals surface area contributed by atoms with E-state index in [0.717, 1.165) is 11.3 Å². The molecule has 0 aliphatic carbocycles. The molecule has 0 saturated carbocycles. The normalized spacial score (nSPS) is 10.8. The molecule has 100 valence electrons. The van der Waals surface area contributed by atoms with Crippen LogP contribution in [0.3, 0.4) is 0 Å². The molecule has 0 bridgehead atoms. The van der Waals surface area contributed by atoms with Gasteiger partial charge in [-0.1, -0.05) is 29.8 Å². The monoisotopic (exact) mass is 299 g/mol. The molecule has 1 heterocycles. The summed E-state index contributed by atoms with van der Waals surface area (Å²) < 4.78 is 19.0. The molecule has 2 aromatic rings. The van der Waals surface area contributed by atoms with Crippen molar-refractivity contribution in [3.05, 3.63) is 40.2 Å². The van der Waals surface area contributed by atoms with Crippen LogP contribution in [0, 0.1) is 5.82 Å². The molecular weight excluding hydrogens is 289 g/mol. The first-order valence-electron chi connectivity index (χ1n) is 5.61. The number of thiazole rings is 1. The number of hydrogen-bond donors (Lipinski definition) is 0. The molecule has 0 fully saturated rings. The minimum absolute atomic E-state index is 0.0498. The van der Waals surface area contributed by atoms with Gasteiger partial charge in [0.1, 0.15) is 5.82 Å². The van der Waals surface area contributed by atoms with Crippen molar-refractivity contribution < 1.29 is 13.9 Å². The fourth-order valence-electron chi connectivity index (χ4n) is 1.53. The van der Waals surface area contributed by atoms with Gasteiger partial charge in [0, 0.05) is 5.56 Å². The van der Waals surface area contributed by atoms with E-state index in [-0.39, 0.29) is 16.3 Å². The maximum absolute atomic E-state index is 13.8. The summed E-state index contributed by atoms with van der Waals surface area (Å²) >= 11 is 6.88. The molecular formula is C13H11ClFNO2S. The number of carbonyl (C=O) groups excluding carboxylic acids is 1. The molecule has 0 atom stereocenters. The zero-order valence-corrected chi connectivity index (χ0v) is 11.9. The lowest BCUT2D eigenvalue weighted by Crippen LogP contribution is -2.12. The Hall–Kier alpha value is -1.46. The van der Waals surface area contributed by atoms with E-state index in [0.29, 0.717) is 10.4 Å². The van der Waals surface area contributed by atoms with Crippen LogP contribution in [0.25, 0.3) is 10.4 Å². The average Bonchev–Trinajstić information content (AvgIpc) is 2.71. The summed E-state index contributed by atoms with van der Waals surface area (Å²) in [7, 11) is 0. The molecule has 0 aliphatic rings. The van der Waals surface area contributed by atoms with Crippen LogP contribution in [0.15, 0.2) is 24.3 Å². The molecule has 3 nitrogen and oxygen atoms in total. The van der Waals surface area contributed by atoms with Crippen LogP contribution < -0.4 is 0 Å². The van der Waals surface area contributed by atoms with Gasteiger partial charge in [-0.05, 0) is 19.9 Å². The maximum Gasteiger partial charge on any atom is 0.358 e. The largest absolute Gasteiger partial charge is 0.458 e. The first kappa shape index (κ1) is 14.0. The highest BCUT2D eigenvalue weighted by atomic mass is 35.5. The molecule has 2 rings (SSSR count). The van der Waals surface area contributed by atoms with Crippen molar-refractivity contribution in [2.24, 2.45) is 0 Å². The number of aromatic nitrogens is 1. The molecule has 0 spiro atoms. The Bertz CT molecular complexity index is 612. The summed E-state index contributed by atoms with van der Waals surface area (Å²) in [5.74, 6) is -1.03. The summed E-state index contributed by atoms with van der Waals surface area (Å²) in [4.78, 5) is 16.2. The Labute approximate surface area is 119 Å². The van der Waals surface area contributed by atoms with Gasteiger partial charge in [-0.3, -0.25) is 0 Å². The average molecular weight is 300 g/mol. The van der Waals surface area contributed by atoms with Gasteiger partial charge in [-0.2, -0.15) is 0 Å². The third-order valence-corrected chi connectivity index (χ3v) is 3.45. The smallest absolute Gasteiger partial charge is 0.358 e. The lowest BCUT2D eigenvalue weighted by atomic mass is 10.1. The molecule has 0 unspecified atom stereocenters. The van der Waals surface area contributed by atoms with Gasteiger partial charge in [0.2, 0.25) is 0 Å². The zero-order chi connectivity index (χ0) is 14.0. The summed E-state index contributed by atoms with van der Waals surface area (Å²) in [6.07, 6.45) is -0.276. The van der Waals surface area contributed by atoms with Crippen LogP contribution >= 0.6 is 22.9 Å². The van der Waals surface area contributed by atoms with E-state index >= 15 is 0 Å². The SMILES string of the molecule is CC(C)OC(=O)c1nc(Cl)sc1-c1ccccc1F. The molecule has 6 heteroatoms. The van der Waals surface area contributed by atoms with E-state index in [4.69, 9.17) is 16.3 Å². The number of ether oxygens (including phenoxy) is 1. The molecule has 0 aliphatic heterocycles. The van der Waals surface area contributed by atoms with E-state index in [2.05, 4.69) is 4.98 Å². The molecule has 1 aromatic heterocycles. The van der Waals surface area contributed by atoms with E-state index in [9.17, 15) is 9.18 Å². The molecule has 1 aromatic carbocycles. The summed E-state index contributed by atoms with van der Waals surface area (Å²) in [6.45, 7) is 3.46. The van der Waals surface area contributed by atoms with Crippen LogP contribution in [-0.4, -0.2) is 17.1 Å². The number of carbonyl (C=O) groups is 1. The number of hydrogen-bond acceptors (Lipinski definition) is 4. The van der Waals surface area contributed by atoms with E-state index < -0.39 is 11.8 Å². The summed E-state index contributed by atoms with van der Waals surface area (Å²) in [5.41, 5.74) is 0.344. The predicted molar refractivity (Wildman–Crippen MR) is 73.1 cm³/mol. The van der Waals surface area contributed by atoms with Gasteiger partial charge >= 0.3 is 5.97 Å². The van der Waals surface area contributed by atoms with Gasteiger partial charge in [0.15, 0.2) is 10.2 Å². The van der Waals surface area contributed by atoms with E-state index in [1.165, 1.54) is 6.07 Å². The van der Waals surface area contributed by atoms with Crippen molar-refractivity contribution in [1.82, 2.24) is 4.98 Å². The highest BCUT2D eigenvalue weighted by Crippen LogP contribution is 2.34. The number of esters is 1. The van der Waals surface area contributed by atoms with Gasteiger partial charge in [0.25, 0.3) is 0 Å². The number of rotatable bonds is 3. The third-order valence-electron chi connectivity index (χ3n) is 2.26. The lowest BCUT2D eigenvalue weighted by Gasteiger charge is -2.07. The first-order valence-corrected chi connectivity index (χ1v) is 6.80. The summed E-state index contributed by atoms with van der Waals surface area (Å²) in [6, 6.07) is 6.16. The van der Waals surface area contributed by atoms with Crippen LogP contribution in [0.1, 0.15) is 24.3 Å². The topological polar surface area (TPSA) is 39.2 Å². The molecule has 0 N–H and O–H groups in total. The molecule has 19 heavy (non-hydrogen) atoms. The second kappa shape index (κ2) is 5.67. The van der Waals surface area contributed by atoms with Gasteiger partial charge < -0.3 is 4.74 Å². The molecule has 0 saturated heterocycles. The molecule has 0 radical (unpaired) electrons. The van der Waals surface area contributed by atoms with Crippen LogP contribution in [0.5, 0.6) is 0 Å². The Balaban J connectivity index is 2.47. The molecule has 0 amide bonds. The fourth-order valence-corrected chi connectivity index (χ4v) is 2.65. The summed E-state index contributed by atoms with van der Waals surface area (Å²) in [5, 5.41) is 0. The van der Waals surface area contributed by atoms with E-state index in [1.54, 1.807) is 32.0 Å². The maximum atomic E-state index is 13.8. The number of halogens is 2. The quantitative estimate of drug-likeness (QED) is 0.799. The fraction of sp³-hybridized carbons (Fsp3) is 0.231. The Morgan fingerprint density at radius 3 is 2.74 bits per heavy atom. The van der Waals surface area contributed by atoms with Gasteiger partial charge in [-0.25, -0.2) is 14.2 Å². The highest BCUT2D eigenvalue weighted by molar-refractivity contribution is 7.19. The van der Waals surface area contributed by atoms with E-state index in [1.807, 2.05) is 0 Å². The Morgan fingerprint density at radius 2 is 2.11 bits per heavy atom. The second-order valence-corrected chi connectivity index (χ2v) is 5.66. The first-order chi connectivity index (χ1) is 8.99. The minimum Gasteiger partial charge on any atom is -0.458 e. The Kier molecular flexibility index (Phi) is 4.17. The van der Waals surface area contributed by atoms with Crippen LogP contribution in [0.4, 0.5) is 4.39 Å². The van der Waals surface area contributed by atoms with Crippen molar-refractivity contribution in [3.8, 4) is 10.4 Å². The van der Waals surface area contributed by atoms with Crippen molar-refractivity contribution in [2.75, 3.05) is 0 Å². The zero-order valence-electron chi connectivity index (χ0n) is 10.3. The number of nitrogens with zero attached hydrogens (tertiary/aromatic N) is 1. The highest BCUT2D eigenvalue weighted by Gasteiger charge is 2.22. The minimum atomic E-state index is -0.601. The van der Waals surface area contributed by atoms with Crippen LogP contribution in [0.2, 0.25) is 4.47 Å². The van der Waals surface area contributed by atoms with Crippen LogP contribution in [-0.2, 0) is 4.74 Å². The predicted octanol–water partition coefficient (Wildman–Crippen LogP) is 4.17. The third kappa shape index (κ3) is 3.11. The lowest BCUT2D eigenvalue weighted by molar-refractivity contribution is 0.0373. The van der Waals surface area contributed by atoms with Crippen molar-refractivity contribution in [2.45, 2.75) is 20.0 Å². The van der Waals surface area contributed by atoms with Crippen molar-refractivity contribution in [1.29, 1.82) is 0 Å². The van der Waals surface area contributed by atoms with Crippen molar-refractivity contribution in [3.63, 3.8) is 0 Å². The Morgan fingerprint density at radius 1 is 1.42 bits per heavy atom. The van der Waals surface area contributed by atoms with Gasteiger partial charge in [0.05, 0.1) is 11.0 Å². The standard InChI is InChI=1S/C13H11ClFNO2S/c1-7(2)18-12(17)10-11(19-13(14)16-10)8-5-3-4-6-9(8)15/h3-7H,1-2H3. The van der Waals surface area contributed by atoms with Crippen molar-refractivity contribution >= 4 is 28.9 Å².